The summed E-state index contributed by atoms with van der Waals surface area (Å²) in [5, 5.41) is 8.06. The number of rotatable bonds is 7. The molecule has 3 aromatic rings. The van der Waals surface area contributed by atoms with Crippen LogP contribution in [0.2, 0.25) is 0 Å². The summed E-state index contributed by atoms with van der Waals surface area (Å²) in [7, 11) is 3.35. The largest absolute Gasteiger partial charge is 0.459 e. The Balaban J connectivity index is 1.71. The molecule has 0 aliphatic heterocycles. The highest BCUT2D eigenvalue weighted by Gasteiger charge is 2.21. The molecule has 164 valence electrons. The lowest BCUT2D eigenvalue weighted by molar-refractivity contribution is -0.147. The maximum atomic E-state index is 13.0. The lowest BCUT2D eigenvalue weighted by atomic mass is 10.1. The third-order valence-corrected chi connectivity index (χ3v) is 4.51. The number of ether oxygens (including phenoxy) is 1. The molecule has 1 amide bonds. The zero-order chi connectivity index (χ0) is 22.9. The first-order valence-corrected chi connectivity index (χ1v) is 9.97. The van der Waals surface area contributed by atoms with Crippen LogP contribution in [0.3, 0.4) is 0 Å². The second-order valence-corrected chi connectivity index (χ2v) is 7.12. The summed E-state index contributed by atoms with van der Waals surface area (Å²) in [5.74, 6) is 5.04. The Bertz CT molecular complexity index is 1130. The molecule has 0 spiro atoms. The second kappa shape index (κ2) is 10.8. The second-order valence-electron chi connectivity index (χ2n) is 7.12. The Morgan fingerprint density at radius 1 is 1.19 bits per heavy atom. The lowest BCUT2D eigenvalue weighted by Gasteiger charge is -2.24. The predicted molar refractivity (Wildman–Crippen MR) is 117 cm³/mol. The van der Waals surface area contributed by atoms with E-state index in [0.717, 1.165) is 5.56 Å². The van der Waals surface area contributed by atoms with Gasteiger partial charge >= 0.3 is 5.97 Å². The molecule has 0 bridgehead atoms. The fourth-order valence-corrected chi connectivity index (χ4v) is 3.03. The van der Waals surface area contributed by atoms with E-state index in [4.69, 9.17) is 10.5 Å². The summed E-state index contributed by atoms with van der Waals surface area (Å²) >= 11 is 0. The molecule has 0 radical (unpaired) electrons. The molecule has 1 unspecified atom stereocenters. The predicted octanol–water partition coefficient (Wildman–Crippen LogP) is 0.795. The molecule has 9 heteroatoms. The van der Waals surface area contributed by atoms with Crippen molar-refractivity contribution < 1.29 is 14.3 Å². The molecule has 2 N–H and O–H groups in total. The first-order chi connectivity index (χ1) is 15.4. The number of likely N-dealkylation sites (N-methyl/N-ethyl adjacent to an activating group) is 1. The average molecular weight is 432 g/mol. The normalized spacial score (nSPS) is 11.2. The van der Waals surface area contributed by atoms with Crippen molar-refractivity contribution in [1.82, 2.24) is 24.9 Å². The van der Waals surface area contributed by atoms with Gasteiger partial charge < -0.3 is 15.4 Å². The number of carbonyl (C=O) groups excluding carboxylic acids is 2. The topological polar surface area (TPSA) is 116 Å². The van der Waals surface area contributed by atoms with Gasteiger partial charge in [0.1, 0.15) is 6.10 Å². The molecule has 32 heavy (non-hydrogen) atoms. The minimum atomic E-state index is -0.532. The summed E-state index contributed by atoms with van der Waals surface area (Å²) in [6.45, 7) is -0.0195. The van der Waals surface area contributed by atoms with E-state index < -0.39 is 12.1 Å². The lowest BCUT2D eigenvalue weighted by Crippen LogP contribution is -2.38. The van der Waals surface area contributed by atoms with Crippen LogP contribution in [0.15, 0.2) is 55.0 Å². The Morgan fingerprint density at radius 3 is 2.66 bits per heavy atom. The van der Waals surface area contributed by atoms with Crippen LogP contribution >= 0.6 is 0 Å². The van der Waals surface area contributed by atoms with Crippen molar-refractivity contribution in [3.05, 3.63) is 77.4 Å². The van der Waals surface area contributed by atoms with E-state index >= 15 is 0 Å². The van der Waals surface area contributed by atoms with Crippen LogP contribution < -0.4 is 5.73 Å². The zero-order valence-corrected chi connectivity index (χ0v) is 17.9. The number of benzene rings is 1. The summed E-state index contributed by atoms with van der Waals surface area (Å²) < 4.78 is 5.46. The van der Waals surface area contributed by atoms with Gasteiger partial charge in [0.25, 0.3) is 5.91 Å². The van der Waals surface area contributed by atoms with Gasteiger partial charge in [-0.25, -0.2) is 0 Å². The van der Waals surface area contributed by atoms with E-state index in [1.807, 2.05) is 30.3 Å². The van der Waals surface area contributed by atoms with E-state index in [-0.39, 0.29) is 19.0 Å². The monoisotopic (exact) mass is 432 g/mol. The maximum absolute atomic E-state index is 13.0. The van der Waals surface area contributed by atoms with Crippen LogP contribution in [0, 0.1) is 11.8 Å². The fraction of sp³-hybridized carbons (Fsp3) is 0.261. The van der Waals surface area contributed by atoms with Gasteiger partial charge in [0.15, 0.2) is 5.69 Å². The van der Waals surface area contributed by atoms with Gasteiger partial charge in [0.05, 0.1) is 24.8 Å². The van der Waals surface area contributed by atoms with Crippen molar-refractivity contribution in [1.29, 1.82) is 0 Å². The number of aromatic nitrogens is 4. The first-order valence-electron chi connectivity index (χ1n) is 9.97. The average Bonchev–Trinajstić information content (AvgIpc) is 3.23. The van der Waals surface area contributed by atoms with Crippen LogP contribution in [-0.4, -0.2) is 63.0 Å². The van der Waals surface area contributed by atoms with Gasteiger partial charge in [0, 0.05) is 38.5 Å². The number of aryl methyl sites for hydroxylation is 1. The minimum Gasteiger partial charge on any atom is -0.459 e. The number of carbonyl (C=O) groups is 2. The molecular weight excluding hydrogens is 408 g/mol. The van der Waals surface area contributed by atoms with Crippen molar-refractivity contribution in [2.45, 2.75) is 12.5 Å². The van der Waals surface area contributed by atoms with E-state index in [0.29, 0.717) is 23.2 Å². The molecule has 1 atom stereocenters. The van der Waals surface area contributed by atoms with Crippen LogP contribution in [0.1, 0.15) is 27.2 Å². The number of nitrogens with two attached hydrogens (primary N) is 1. The van der Waals surface area contributed by atoms with Gasteiger partial charge in [-0.05, 0) is 17.6 Å². The van der Waals surface area contributed by atoms with Gasteiger partial charge in [-0.3, -0.25) is 14.6 Å². The molecule has 0 aliphatic carbocycles. The number of amides is 1. The number of hydrogen-bond donors (Lipinski definition) is 1. The zero-order valence-electron chi connectivity index (χ0n) is 17.9. The minimum absolute atomic E-state index is 0.203. The summed E-state index contributed by atoms with van der Waals surface area (Å²) in [4.78, 5) is 31.8. The Hall–Kier alpha value is -4.03. The SMILES string of the molecule is CN(CC(Cc1ccccc1)OC(=O)CN)C(=O)c1cncc(C#Cc2cnn(C)n2)c1. The molecule has 2 heterocycles. The number of hydrogen-bond acceptors (Lipinski definition) is 7. The summed E-state index contributed by atoms with van der Waals surface area (Å²) in [6, 6.07) is 11.3. The van der Waals surface area contributed by atoms with Crippen LogP contribution in [0.4, 0.5) is 0 Å². The van der Waals surface area contributed by atoms with Crippen molar-refractivity contribution in [2.75, 3.05) is 20.1 Å². The van der Waals surface area contributed by atoms with Gasteiger partial charge in [-0.1, -0.05) is 36.3 Å². The quantitative estimate of drug-likeness (QED) is 0.433. The van der Waals surface area contributed by atoms with Gasteiger partial charge in [0.2, 0.25) is 0 Å². The Kier molecular flexibility index (Phi) is 7.67. The van der Waals surface area contributed by atoms with Crippen LogP contribution in [-0.2, 0) is 23.0 Å². The summed E-state index contributed by atoms with van der Waals surface area (Å²) in [5.41, 5.74) is 7.86. The molecule has 0 aliphatic rings. The Labute approximate surface area is 186 Å². The van der Waals surface area contributed by atoms with E-state index in [2.05, 4.69) is 27.0 Å². The highest BCUT2D eigenvalue weighted by atomic mass is 16.5. The van der Waals surface area contributed by atoms with E-state index in [1.54, 1.807) is 32.6 Å². The van der Waals surface area contributed by atoms with Crippen molar-refractivity contribution in [3.63, 3.8) is 0 Å². The highest BCUT2D eigenvalue weighted by Crippen LogP contribution is 2.11. The molecule has 0 saturated carbocycles. The first kappa shape index (κ1) is 22.7. The third kappa shape index (κ3) is 6.48. The van der Waals surface area contributed by atoms with Crippen molar-refractivity contribution in [2.24, 2.45) is 12.8 Å². The van der Waals surface area contributed by atoms with Crippen molar-refractivity contribution >= 4 is 11.9 Å². The van der Waals surface area contributed by atoms with Gasteiger partial charge in [-0.2, -0.15) is 9.90 Å². The standard InChI is InChI=1S/C23H24N6O3/c1-28(16-21(32-22(30)12-24)11-17-6-4-3-5-7-17)23(31)19-10-18(13-25-14-19)8-9-20-15-26-29(2)27-20/h3-7,10,13-15,21H,11-12,16,24H2,1-2H3. The summed E-state index contributed by atoms with van der Waals surface area (Å²) in [6.07, 6.45) is 4.53. The van der Waals surface area contributed by atoms with Crippen molar-refractivity contribution in [3.8, 4) is 11.8 Å². The Morgan fingerprint density at radius 2 is 1.97 bits per heavy atom. The van der Waals surface area contributed by atoms with Crippen LogP contribution in [0.5, 0.6) is 0 Å². The third-order valence-electron chi connectivity index (χ3n) is 4.51. The maximum Gasteiger partial charge on any atom is 0.320 e. The highest BCUT2D eigenvalue weighted by molar-refractivity contribution is 5.94. The molecule has 9 nitrogen and oxygen atoms in total. The molecule has 2 aromatic heterocycles. The number of pyridine rings is 1. The molecule has 0 fully saturated rings. The molecule has 3 rings (SSSR count). The smallest absolute Gasteiger partial charge is 0.320 e. The van der Waals surface area contributed by atoms with E-state index in [9.17, 15) is 9.59 Å². The van der Waals surface area contributed by atoms with Gasteiger partial charge in [-0.15, -0.1) is 5.10 Å². The molecule has 0 saturated heterocycles. The fourth-order valence-electron chi connectivity index (χ4n) is 3.03. The molecular formula is C23H24N6O3. The number of esters is 1. The van der Waals surface area contributed by atoms with Crippen LogP contribution in [0.25, 0.3) is 0 Å². The number of nitrogens with zero attached hydrogens (tertiary/aromatic N) is 5. The molecule has 1 aromatic carbocycles. The van der Waals surface area contributed by atoms with E-state index in [1.165, 1.54) is 15.9 Å².